The maximum atomic E-state index is 12.2. The Bertz CT molecular complexity index is 895. The number of nitrogens with zero attached hydrogens (tertiary/aromatic N) is 4. The second kappa shape index (κ2) is 6.12. The molecule has 0 aromatic carbocycles. The van der Waals surface area contributed by atoms with Gasteiger partial charge in [0.2, 0.25) is 11.8 Å². The van der Waals surface area contributed by atoms with E-state index >= 15 is 0 Å². The first-order valence-electron chi connectivity index (χ1n) is 6.63. The number of rotatable bonds is 4. The van der Waals surface area contributed by atoms with Crippen LogP contribution in [0.15, 0.2) is 47.3 Å². The van der Waals surface area contributed by atoms with Crippen molar-refractivity contribution in [3.63, 3.8) is 0 Å². The van der Waals surface area contributed by atoms with E-state index in [1.54, 1.807) is 12.1 Å². The number of pyridine rings is 1. The van der Waals surface area contributed by atoms with Crippen LogP contribution in [-0.2, 0) is 0 Å². The van der Waals surface area contributed by atoms with Gasteiger partial charge in [-0.3, -0.25) is 19.9 Å². The van der Waals surface area contributed by atoms with Gasteiger partial charge in [0.15, 0.2) is 11.5 Å². The minimum Gasteiger partial charge on any atom is -0.462 e. The van der Waals surface area contributed by atoms with Crippen LogP contribution in [0.2, 0.25) is 0 Å². The summed E-state index contributed by atoms with van der Waals surface area (Å²) in [4.78, 5) is 34.4. The van der Waals surface area contributed by atoms with Crippen LogP contribution >= 0.6 is 0 Å². The van der Waals surface area contributed by atoms with E-state index in [1.807, 2.05) is 0 Å². The Morgan fingerprint density at radius 1 is 1.29 bits per heavy atom. The molecule has 3 rings (SSSR count). The number of furan rings is 1. The molecule has 0 saturated carbocycles. The summed E-state index contributed by atoms with van der Waals surface area (Å²) in [5.41, 5.74) is 5.17. The molecule has 1 amide bonds. The molecule has 0 fully saturated rings. The van der Waals surface area contributed by atoms with E-state index in [0.29, 0.717) is 0 Å². The number of hydrogen-bond donors (Lipinski definition) is 2. The highest BCUT2D eigenvalue weighted by Gasteiger charge is 2.28. The van der Waals surface area contributed by atoms with Crippen molar-refractivity contribution in [1.29, 1.82) is 0 Å². The standard InChI is InChI=1S/C14H10N6O4/c15-14-17-10(9-4-2-6-24-9)11(20(22)23)12(19-14)18-13(21)8-3-1-5-16-7-8/h1-7H,(H3,15,17,18,19,21). The molecule has 0 atom stereocenters. The number of nitrogens with one attached hydrogen (secondary N) is 1. The Morgan fingerprint density at radius 3 is 2.75 bits per heavy atom. The first kappa shape index (κ1) is 15.1. The number of hydrogen-bond acceptors (Lipinski definition) is 8. The number of nitrogen functional groups attached to an aromatic ring is 1. The van der Waals surface area contributed by atoms with Crippen molar-refractivity contribution in [2.24, 2.45) is 0 Å². The number of carbonyl (C=O) groups excluding carboxylic acids is 1. The molecule has 3 aromatic rings. The average molecular weight is 326 g/mol. The normalized spacial score (nSPS) is 10.3. The van der Waals surface area contributed by atoms with Gasteiger partial charge >= 0.3 is 5.69 Å². The monoisotopic (exact) mass is 326 g/mol. The summed E-state index contributed by atoms with van der Waals surface area (Å²) in [5, 5.41) is 13.8. The molecule has 0 aliphatic heterocycles. The molecular weight excluding hydrogens is 316 g/mol. The Kier molecular flexibility index (Phi) is 3.85. The Morgan fingerprint density at radius 2 is 2.12 bits per heavy atom. The molecule has 0 unspecified atom stereocenters. The third kappa shape index (κ3) is 2.88. The molecule has 0 radical (unpaired) electrons. The first-order valence-corrected chi connectivity index (χ1v) is 6.63. The van der Waals surface area contributed by atoms with Gasteiger partial charge in [0.05, 0.1) is 16.7 Å². The fraction of sp³-hybridized carbons (Fsp3) is 0. The third-order valence-corrected chi connectivity index (χ3v) is 2.99. The molecule has 0 aliphatic carbocycles. The summed E-state index contributed by atoms with van der Waals surface area (Å²) in [5.74, 6) is -1.05. The zero-order valence-electron chi connectivity index (χ0n) is 12.0. The van der Waals surface area contributed by atoms with Crippen LogP contribution in [0, 0.1) is 10.1 Å². The summed E-state index contributed by atoms with van der Waals surface area (Å²) >= 11 is 0. The van der Waals surface area contributed by atoms with Crippen LogP contribution in [0.25, 0.3) is 11.5 Å². The lowest BCUT2D eigenvalue weighted by Crippen LogP contribution is -2.16. The third-order valence-electron chi connectivity index (χ3n) is 2.99. The zero-order chi connectivity index (χ0) is 17.1. The van der Waals surface area contributed by atoms with Gasteiger partial charge in [-0.25, -0.2) is 4.98 Å². The van der Waals surface area contributed by atoms with Crippen LogP contribution in [0.3, 0.4) is 0 Å². The van der Waals surface area contributed by atoms with E-state index in [-0.39, 0.29) is 28.8 Å². The SMILES string of the molecule is Nc1nc(NC(=O)c2cccnc2)c([N+](=O)[O-])c(-c2ccco2)n1. The molecule has 24 heavy (non-hydrogen) atoms. The van der Waals surface area contributed by atoms with E-state index in [2.05, 4.69) is 20.3 Å². The molecule has 0 bridgehead atoms. The van der Waals surface area contributed by atoms with Crippen molar-refractivity contribution in [3.05, 3.63) is 58.6 Å². The molecule has 10 heteroatoms. The fourth-order valence-electron chi connectivity index (χ4n) is 1.99. The van der Waals surface area contributed by atoms with Crippen LogP contribution in [0.4, 0.5) is 17.5 Å². The lowest BCUT2D eigenvalue weighted by Gasteiger charge is -2.08. The van der Waals surface area contributed by atoms with Gasteiger partial charge in [-0.15, -0.1) is 0 Å². The van der Waals surface area contributed by atoms with Crippen molar-refractivity contribution < 1.29 is 14.1 Å². The van der Waals surface area contributed by atoms with Crippen molar-refractivity contribution in [3.8, 4) is 11.5 Å². The highest BCUT2D eigenvalue weighted by atomic mass is 16.6. The van der Waals surface area contributed by atoms with Crippen molar-refractivity contribution in [2.75, 3.05) is 11.1 Å². The van der Waals surface area contributed by atoms with Gasteiger partial charge in [-0.05, 0) is 24.3 Å². The van der Waals surface area contributed by atoms with Gasteiger partial charge in [0, 0.05) is 12.4 Å². The highest BCUT2D eigenvalue weighted by Crippen LogP contribution is 2.34. The van der Waals surface area contributed by atoms with Gasteiger partial charge in [-0.2, -0.15) is 4.98 Å². The van der Waals surface area contributed by atoms with Crippen LogP contribution < -0.4 is 11.1 Å². The molecule has 3 heterocycles. The summed E-state index contributed by atoms with van der Waals surface area (Å²) in [7, 11) is 0. The topological polar surface area (TPSA) is 150 Å². The van der Waals surface area contributed by atoms with E-state index in [9.17, 15) is 14.9 Å². The molecule has 0 saturated heterocycles. The predicted octanol–water partition coefficient (Wildman–Crippen LogP) is 1.87. The van der Waals surface area contributed by atoms with E-state index < -0.39 is 16.5 Å². The minimum atomic E-state index is -0.712. The summed E-state index contributed by atoms with van der Waals surface area (Å²) in [6.45, 7) is 0. The maximum absolute atomic E-state index is 12.2. The molecule has 10 nitrogen and oxygen atoms in total. The minimum absolute atomic E-state index is 0.126. The van der Waals surface area contributed by atoms with Gasteiger partial charge < -0.3 is 15.5 Å². The number of aromatic nitrogens is 3. The molecule has 3 aromatic heterocycles. The van der Waals surface area contributed by atoms with Crippen molar-refractivity contribution >= 4 is 23.4 Å². The van der Waals surface area contributed by atoms with Gasteiger partial charge in [0.25, 0.3) is 5.91 Å². The van der Waals surface area contributed by atoms with Crippen LogP contribution in [-0.4, -0.2) is 25.8 Å². The molecule has 0 spiro atoms. The fourth-order valence-corrected chi connectivity index (χ4v) is 1.99. The second-order valence-electron chi connectivity index (χ2n) is 4.56. The van der Waals surface area contributed by atoms with E-state index in [4.69, 9.17) is 10.2 Å². The largest absolute Gasteiger partial charge is 0.462 e. The Balaban J connectivity index is 2.07. The van der Waals surface area contributed by atoms with E-state index in [0.717, 1.165) is 0 Å². The van der Waals surface area contributed by atoms with Crippen LogP contribution in [0.5, 0.6) is 0 Å². The molecule has 0 aliphatic rings. The van der Waals surface area contributed by atoms with Gasteiger partial charge in [-0.1, -0.05) is 0 Å². The van der Waals surface area contributed by atoms with Crippen molar-refractivity contribution in [1.82, 2.24) is 15.0 Å². The summed E-state index contributed by atoms with van der Waals surface area (Å²) in [6, 6.07) is 6.10. The Hall–Kier alpha value is -3.82. The molecular formula is C14H10N6O4. The Labute approximate surface area is 134 Å². The lowest BCUT2D eigenvalue weighted by molar-refractivity contribution is -0.383. The highest BCUT2D eigenvalue weighted by molar-refractivity contribution is 6.05. The number of carbonyl (C=O) groups is 1. The first-order chi connectivity index (χ1) is 11.6. The average Bonchev–Trinajstić information content (AvgIpc) is 3.09. The van der Waals surface area contributed by atoms with Crippen LogP contribution in [0.1, 0.15) is 10.4 Å². The summed E-state index contributed by atoms with van der Waals surface area (Å²) in [6.07, 6.45) is 4.15. The molecule has 120 valence electrons. The number of anilines is 2. The van der Waals surface area contributed by atoms with Gasteiger partial charge in [0.1, 0.15) is 0 Å². The predicted molar refractivity (Wildman–Crippen MR) is 83.0 cm³/mol. The quantitative estimate of drug-likeness (QED) is 0.544. The lowest BCUT2D eigenvalue weighted by atomic mass is 10.2. The number of nitrogens with two attached hydrogens (primary N) is 1. The number of amides is 1. The second-order valence-corrected chi connectivity index (χ2v) is 4.56. The molecule has 3 N–H and O–H groups in total. The van der Waals surface area contributed by atoms with E-state index in [1.165, 1.54) is 30.8 Å². The smallest absolute Gasteiger partial charge is 0.341 e. The van der Waals surface area contributed by atoms with Crippen molar-refractivity contribution in [2.45, 2.75) is 0 Å². The number of nitro groups is 1. The maximum Gasteiger partial charge on any atom is 0.341 e. The summed E-state index contributed by atoms with van der Waals surface area (Å²) < 4.78 is 5.14. The zero-order valence-corrected chi connectivity index (χ0v) is 12.0.